The lowest BCUT2D eigenvalue weighted by atomic mass is 9.83. The van der Waals surface area contributed by atoms with Gasteiger partial charge in [-0.15, -0.1) is 0 Å². The molecule has 202 valence electrons. The van der Waals surface area contributed by atoms with E-state index >= 15 is 0 Å². The molecule has 35 heavy (non-hydrogen) atoms. The first-order chi connectivity index (χ1) is 16.4. The molecule has 0 aromatic carbocycles. The minimum absolute atomic E-state index is 0.0933. The fraction of sp³-hybridized carbons (Fsp3) is 0.833. The molecule has 1 aliphatic heterocycles. The molecule has 0 aromatic heterocycles. The summed E-state index contributed by atoms with van der Waals surface area (Å²) < 4.78 is 37.1. The van der Waals surface area contributed by atoms with Crippen LogP contribution in [0.2, 0.25) is 0 Å². The zero-order valence-electron chi connectivity index (χ0n) is 20.7. The predicted molar refractivity (Wildman–Crippen MR) is 126 cm³/mol. The first kappa shape index (κ1) is 30.9. The largest absolute Gasteiger partial charge is 0.490 e. The predicted octanol–water partition coefficient (Wildman–Crippen LogP) is 4.21. The van der Waals surface area contributed by atoms with Crippen LogP contribution in [-0.4, -0.2) is 54.2 Å². The SMILES string of the molecule is CC(C)CCC(=O)[C@@H](CC1CCCCC1)N=C(N)NC(=O)CC1CCOCC1.O=C(O)C(F)(F)F. The molecule has 2 aliphatic rings. The molecule has 0 bridgehead atoms. The van der Waals surface area contributed by atoms with Gasteiger partial charge in [0.1, 0.15) is 6.04 Å². The van der Waals surface area contributed by atoms with Crippen LogP contribution in [-0.2, 0) is 19.1 Å². The Kier molecular flexibility index (Phi) is 13.9. The second kappa shape index (κ2) is 15.7. The first-order valence-corrected chi connectivity index (χ1v) is 12.4. The second-order valence-electron chi connectivity index (χ2n) is 9.78. The van der Waals surface area contributed by atoms with Crippen LogP contribution in [0.4, 0.5) is 13.2 Å². The van der Waals surface area contributed by atoms with E-state index in [-0.39, 0.29) is 17.6 Å². The molecule has 0 aromatic rings. The number of nitrogens with zero attached hydrogens (tertiary/aromatic N) is 1. The summed E-state index contributed by atoms with van der Waals surface area (Å²) in [4.78, 5) is 38.4. The van der Waals surface area contributed by atoms with Gasteiger partial charge in [0, 0.05) is 26.1 Å². The van der Waals surface area contributed by atoms with Crippen LogP contribution in [0, 0.1) is 17.8 Å². The van der Waals surface area contributed by atoms with E-state index in [2.05, 4.69) is 24.2 Å². The Bertz CT molecular complexity index is 701. The molecule has 0 spiro atoms. The number of hydrogen-bond acceptors (Lipinski definition) is 5. The van der Waals surface area contributed by atoms with Crippen LogP contribution in [0.25, 0.3) is 0 Å². The quantitative estimate of drug-likeness (QED) is 0.316. The average Bonchev–Trinajstić information content (AvgIpc) is 2.78. The van der Waals surface area contributed by atoms with Crippen molar-refractivity contribution in [1.82, 2.24) is 5.32 Å². The Morgan fingerprint density at radius 3 is 2.14 bits per heavy atom. The summed E-state index contributed by atoms with van der Waals surface area (Å²) in [5.41, 5.74) is 6.02. The summed E-state index contributed by atoms with van der Waals surface area (Å²) in [6.45, 7) is 5.68. The first-order valence-electron chi connectivity index (χ1n) is 12.4. The van der Waals surface area contributed by atoms with Crippen molar-refractivity contribution in [1.29, 1.82) is 0 Å². The smallest absolute Gasteiger partial charge is 0.475 e. The molecule has 1 aliphatic carbocycles. The second-order valence-corrected chi connectivity index (χ2v) is 9.78. The fourth-order valence-corrected chi connectivity index (χ4v) is 4.20. The Morgan fingerprint density at radius 1 is 1.06 bits per heavy atom. The number of guanidine groups is 1. The van der Waals surface area contributed by atoms with E-state index in [1.165, 1.54) is 32.1 Å². The lowest BCUT2D eigenvalue weighted by molar-refractivity contribution is -0.192. The van der Waals surface area contributed by atoms with E-state index in [0.717, 1.165) is 38.9 Å². The van der Waals surface area contributed by atoms with Crippen LogP contribution >= 0.6 is 0 Å². The van der Waals surface area contributed by atoms with E-state index in [1.54, 1.807) is 0 Å². The van der Waals surface area contributed by atoms with Gasteiger partial charge in [0.25, 0.3) is 0 Å². The number of ether oxygens (including phenoxy) is 1. The summed E-state index contributed by atoms with van der Waals surface area (Å²) in [7, 11) is 0. The molecule has 2 fully saturated rings. The molecule has 1 saturated carbocycles. The van der Waals surface area contributed by atoms with Gasteiger partial charge in [0.05, 0.1) is 0 Å². The maximum atomic E-state index is 12.8. The van der Waals surface area contributed by atoms with Gasteiger partial charge in [0.15, 0.2) is 11.7 Å². The number of amides is 1. The van der Waals surface area contributed by atoms with Crippen molar-refractivity contribution in [3.8, 4) is 0 Å². The van der Waals surface area contributed by atoms with E-state index in [4.69, 9.17) is 20.4 Å². The number of aliphatic carboxylic acids is 1. The lowest BCUT2D eigenvalue weighted by Gasteiger charge is -2.24. The van der Waals surface area contributed by atoms with Gasteiger partial charge >= 0.3 is 12.1 Å². The number of carboxylic acids is 1. The van der Waals surface area contributed by atoms with Crippen LogP contribution in [0.1, 0.15) is 84.5 Å². The topological polar surface area (TPSA) is 131 Å². The monoisotopic (exact) mass is 507 g/mol. The molecule has 1 saturated heterocycles. The molecule has 8 nitrogen and oxygen atoms in total. The number of ketones is 1. The summed E-state index contributed by atoms with van der Waals surface area (Å²) in [5, 5.41) is 9.84. The number of Topliss-reactive ketones (excluding diaryl/α,β-unsaturated/α-hetero) is 1. The number of nitrogens with two attached hydrogens (primary N) is 1. The molecular formula is C24H40F3N3O5. The fourth-order valence-electron chi connectivity index (χ4n) is 4.20. The highest BCUT2D eigenvalue weighted by molar-refractivity contribution is 5.97. The van der Waals surface area contributed by atoms with Gasteiger partial charge in [-0.2, -0.15) is 13.2 Å². The summed E-state index contributed by atoms with van der Waals surface area (Å²) in [6, 6.07) is -0.426. The number of alkyl halides is 3. The summed E-state index contributed by atoms with van der Waals surface area (Å²) in [6.07, 6.45) is 5.41. The zero-order chi connectivity index (χ0) is 26.4. The molecule has 1 heterocycles. The molecule has 4 N–H and O–H groups in total. The van der Waals surface area contributed by atoms with Crippen LogP contribution in [0.5, 0.6) is 0 Å². The molecule has 2 rings (SSSR count). The minimum atomic E-state index is -5.08. The number of carboxylic acid groups (broad SMARTS) is 1. The van der Waals surface area contributed by atoms with Crippen LogP contribution in [0.15, 0.2) is 4.99 Å². The van der Waals surface area contributed by atoms with Crippen molar-refractivity contribution in [2.45, 2.75) is 96.7 Å². The third-order valence-electron chi connectivity index (χ3n) is 6.24. The van der Waals surface area contributed by atoms with Crippen molar-refractivity contribution in [3.05, 3.63) is 0 Å². The number of halogens is 3. The van der Waals surface area contributed by atoms with Crippen molar-refractivity contribution >= 4 is 23.6 Å². The van der Waals surface area contributed by atoms with E-state index in [0.29, 0.717) is 30.6 Å². The molecule has 0 unspecified atom stereocenters. The van der Waals surface area contributed by atoms with Crippen molar-refractivity contribution in [3.63, 3.8) is 0 Å². The van der Waals surface area contributed by atoms with Crippen molar-refractivity contribution < 1.29 is 37.4 Å². The Balaban J connectivity index is 0.000000762. The highest BCUT2D eigenvalue weighted by Crippen LogP contribution is 2.29. The van der Waals surface area contributed by atoms with Gasteiger partial charge in [-0.1, -0.05) is 46.0 Å². The standard InChI is InChI=1S/C22H39N3O3.C2HF3O2/c1-16(2)8-9-20(26)19(14-17-6-4-3-5-7-17)24-22(23)25-21(27)15-18-10-12-28-13-11-18;3-2(4,5)1(6)7/h16-19H,3-15H2,1-2H3,(H3,23,24,25,27);(H,6,7)/t19-;/m1./s1. The zero-order valence-corrected chi connectivity index (χ0v) is 20.7. The molecular weight excluding hydrogens is 467 g/mol. The maximum absolute atomic E-state index is 12.8. The van der Waals surface area contributed by atoms with Gasteiger partial charge in [0.2, 0.25) is 5.91 Å². The molecule has 1 atom stereocenters. The Labute approximate surface area is 205 Å². The number of carbonyl (C=O) groups excluding carboxylic acids is 2. The third kappa shape index (κ3) is 14.1. The molecule has 0 radical (unpaired) electrons. The third-order valence-corrected chi connectivity index (χ3v) is 6.24. The van der Waals surface area contributed by atoms with Crippen molar-refractivity contribution in [2.75, 3.05) is 13.2 Å². The normalized spacial score (nSPS) is 19.0. The van der Waals surface area contributed by atoms with E-state index in [9.17, 15) is 22.8 Å². The van der Waals surface area contributed by atoms with Gasteiger partial charge in [-0.05, 0) is 43.4 Å². The Hall–Kier alpha value is -2.17. The van der Waals surface area contributed by atoms with E-state index in [1.807, 2.05) is 0 Å². The number of aliphatic imine (C=N–C) groups is 1. The van der Waals surface area contributed by atoms with E-state index < -0.39 is 18.2 Å². The summed E-state index contributed by atoms with van der Waals surface area (Å²) >= 11 is 0. The highest BCUT2D eigenvalue weighted by atomic mass is 19.4. The lowest BCUT2D eigenvalue weighted by Crippen LogP contribution is -2.40. The Morgan fingerprint density at radius 2 is 1.63 bits per heavy atom. The van der Waals surface area contributed by atoms with Gasteiger partial charge < -0.3 is 15.6 Å². The number of hydrogen-bond donors (Lipinski definition) is 3. The molecule has 11 heteroatoms. The van der Waals surface area contributed by atoms with Crippen LogP contribution < -0.4 is 11.1 Å². The number of carbonyl (C=O) groups is 3. The maximum Gasteiger partial charge on any atom is 0.490 e. The van der Waals surface area contributed by atoms with Crippen LogP contribution in [0.3, 0.4) is 0 Å². The average molecular weight is 508 g/mol. The summed E-state index contributed by atoms with van der Waals surface area (Å²) in [5.74, 6) is -1.26. The van der Waals surface area contributed by atoms with Crippen molar-refractivity contribution in [2.24, 2.45) is 28.5 Å². The minimum Gasteiger partial charge on any atom is -0.475 e. The molecule has 1 amide bonds. The van der Waals surface area contributed by atoms with Gasteiger partial charge in [-0.25, -0.2) is 9.79 Å². The van der Waals surface area contributed by atoms with Gasteiger partial charge in [-0.3, -0.25) is 14.9 Å². The number of rotatable bonds is 9. The number of nitrogens with one attached hydrogen (secondary N) is 1. The highest BCUT2D eigenvalue weighted by Gasteiger charge is 2.38.